The standard InChI is InChI=1S/C8H13AsOS/c1-9-5-4-7(10)8-3-2-6-11-8/h2-3,6-7,9-10H,4-5H2,1H3/t7-/m0/s1. The minimum absolute atomic E-state index is 0.196. The number of rotatable bonds is 4. The molecule has 3 heteroatoms. The summed E-state index contributed by atoms with van der Waals surface area (Å²) in [6, 6.07) is 4.00. The molecule has 1 aromatic rings. The summed E-state index contributed by atoms with van der Waals surface area (Å²) in [6.45, 7) is 0. The van der Waals surface area contributed by atoms with Gasteiger partial charge in [0.1, 0.15) is 0 Å². The van der Waals surface area contributed by atoms with Crippen LogP contribution >= 0.6 is 11.3 Å². The molecule has 0 amide bonds. The zero-order valence-corrected chi connectivity index (χ0v) is 9.49. The Kier molecular flexibility index (Phi) is 4.21. The third-order valence-electron chi connectivity index (χ3n) is 1.54. The molecular formula is C8H13AsOS. The summed E-state index contributed by atoms with van der Waals surface area (Å²) >= 11 is 1.88. The summed E-state index contributed by atoms with van der Waals surface area (Å²) < 4.78 is 0. The molecule has 0 aliphatic rings. The minimum atomic E-state index is -0.196. The molecule has 0 fully saturated rings. The molecule has 0 saturated carbocycles. The Labute approximate surface area is 78.1 Å². The molecule has 1 heterocycles. The van der Waals surface area contributed by atoms with Gasteiger partial charge in [-0.15, -0.1) is 0 Å². The van der Waals surface area contributed by atoms with Crippen LogP contribution < -0.4 is 0 Å². The van der Waals surface area contributed by atoms with Crippen LogP contribution in [-0.4, -0.2) is 20.9 Å². The van der Waals surface area contributed by atoms with Crippen LogP contribution in [0.25, 0.3) is 0 Å². The van der Waals surface area contributed by atoms with Gasteiger partial charge in [0.25, 0.3) is 0 Å². The summed E-state index contributed by atoms with van der Waals surface area (Å²) in [4.78, 5) is 1.12. The maximum atomic E-state index is 9.57. The first kappa shape index (κ1) is 9.31. The summed E-state index contributed by atoms with van der Waals surface area (Å²) in [6.07, 6.45) is 0.760. The van der Waals surface area contributed by atoms with E-state index in [-0.39, 0.29) is 21.9 Å². The van der Waals surface area contributed by atoms with Crippen LogP contribution in [0, 0.1) is 0 Å². The van der Waals surface area contributed by atoms with E-state index < -0.39 is 0 Å². The van der Waals surface area contributed by atoms with Gasteiger partial charge in [0, 0.05) is 0 Å². The van der Waals surface area contributed by atoms with Crippen molar-refractivity contribution in [1.29, 1.82) is 0 Å². The third-order valence-corrected chi connectivity index (χ3v) is 4.17. The number of hydrogen-bond donors (Lipinski definition) is 1. The number of thiophene rings is 1. The van der Waals surface area contributed by atoms with Crippen molar-refractivity contribution < 1.29 is 5.11 Å². The fourth-order valence-electron chi connectivity index (χ4n) is 0.904. The average Bonchev–Trinajstić information content (AvgIpc) is 2.52. The van der Waals surface area contributed by atoms with E-state index in [4.69, 9.17) is 0 Å². The van der Waals surface area contributed by atoms with E-state index in [0.717, 1.165) is 11.3 Å². The van der Waals surface area contributed by atoms with E-state index >= 15 is 0 Å². The second kappa shape index (κ2) is 4.97. The van der Waals surface area contributed by atoms with Crippen LogP contribution in [0.2, 0.25) is 10.9 Å². The van der Waals surface area contributed by atoms with E-state index in [1.54, 1.807) is 11.3 Å². The second-order valence-electron chi connectivity index (χ2n) is 2.42. The predicted molar refractivity (Wildman–Crippen MR) is 51.7 cm³/mol. The topological polar surface area (TPSA) is 20.2 Å². The van der Waals surface area contributed by atoms with Crippen molar-refractivity contribution >= 4 is 27.1 Å². The van der Waals surface area contributed by atoms with Gasteiger partial charge in [-0.1, -0.05) is 0 Å². The fraction of sp³-hybridized carbons (Fsp3) is 0.500. The normalized spacial score (nSPS) is 14.4. The van der Waals surface area contributed by atoms with Crippen LogP contribution in [-0.2, 0) is 0 Å². The van der Waals surface area contributed by atoms with E-state index in [1.165, 1.54) is 5.21 Å². The van der Waals surface area contributed by atoms with Crippen molar-refractivity contribution in [2.24, 2.45) is 0 Å². The molecule has 1 nitrogen and oxygen atoms in total. The van der Waals surface area contributed by atoms with E-state index in [0.29, 0.717) is 0 Å². The molecule has 1 unspecified atom stereocenters. The summed E-state index contributed by atoms with van der Waals surface area (Å²) in [5, 5.41) is 12.8. The van der Waals surface area contributed by atoms with Crippen molar-refractivity contribution in [2.75, 3.05) is 0 Å². The average molecular weight is 232 g/mol. The molecule has 0 saturated heterocycles. The quantitative estimate of drug-likeness (QED) is 0.788. The van der Waals surface area contributed by atoms with Gasteiger partial charge in [0.15, 0.2) is 0 Å². The molecule has 1 aromatic heterocycles. The zero-order chi connectivity index (χ0) is 8.10. The Morgan fingerprint density at radius 2 is 2.55 bits per heavy atom. The van der Waals surface area contributed by atoms with Gasteiger partial charge in [-0.2, -0.15) is 0 Å². The molecule has 62 valence electrons. The molecule has 0 bridgehead atoms. The maximum absolute atomic E-state index is 9.57. The van der Waals surface area contributed by atoms with Gasteiger partial charge in [-0.3, -0.25) is 0 Å². The molecular weight excluding hydrogens is 219 g/mol. The van der Waals surface area contributed by atoms with Gasteiger partial charge in [-0.05, 0) is 0 Å². The summed E-state index contributed by atoms with van der Waals surface area (Å²) in [5.74, 6) is 0. The summed E-state index contributed by atoms with van der Waals surface area (Å²) in [7, 11) is 0. The molecule has 0 radical (unpaired) electrons. The van der Waals surface area contributed by atoms with Crippen LogP contribution in [0.5, 0.6) is 0 Å². The van der Waals surface area contributed by atoms with Gasteiger partial charge in [-0.25, -0.2) is 0 Å². The van der Waals surface area contributed by atoms with Crippen molar-refractivity contribution in [3.63, 3.8) is 0 Å². The number of hydrogen-bond acceptors (Lipinski definition) is 2. The molecule has 0 aromatic carbocycles. The third kappa shape index (κ3) is 2.98. The molecule has 2 atom stereocenters. The Bertz CT molecular complexity index is 186. The zero-order valence-electron chi connectivity index (χ0n) is 6.58. The number of aliphatic hydroxyl groups excluding tert-OH is 1. The van der Waals surface area contributed by atoms with Crippen molar-refractivity contribution in [3.8, 4) is 0 Å². The fourth-order valence-corrected chi connectivity index (χ4v) is 2.83. The van der Waals surface area contributed by atoms with Gasteiger partial charge < -0.3 is 0 Å². The predicted octanol–water partition coefficient (Wildman–Crippen LogP) is 2.07. The number of aliphatic hydroxyl groups is 1. The van der Waals surface area contributed by atoms with E-state index in [9.17, 15) is 5.11 Å². The Balaban J connectivity index is 2.36. The summed E-state index contributed by atoms with van der Waals surface area (Å²) in [5.41, 5.74) is 2.27. The SMILES string of the molecule is C[AsH]CC[C@H](O)c1cccs1. The molecule has 0 aliphatic carbocycles. The molecule has 0 aliphatic heterocycles. The van der Waals surface area contributed by atoms with Gasteiger partial charge in [0.2, 0.25) is 0 Å². The Hall–Kier alpha value is 0.218. The molecule has 0 spiro atoms. The van der Waals surface area contributed by atoms with Gasteiger partial charge >= 0.3 is 78.0 Å². The van der Waals surface area contributed by atoms with Gasteiger partial charge in [0.05, 0.1) is 0 Å². The second-order valence-corrected chi connectivity index (χ2v) is 5.94. The van der Waals surface area contributed by atoms with Crippen molar-refractivity contribution in [1.82, 2.24) is 0 Å². The van der Waals surface area contributed by atoms with Crippen LogP contribution in [0.1, 0.15) is 17.4 Å². The van der Waals surface area contributed by atoms with Crippen LogP contribution in [0.3, 0.4) is 0 Å². The molecule has 1 N–H and O–H groups in total. The first-order valence-corrected chi connectivity index (χ1v) is 8.17. The molecule has 11 heavy (non-hydrogen) atoms. The Morgan fingerprint density at radius 1 is 1.73 bits per heavy atom. The van der Waals surface area contributed by atoms with E-state index in [1.807, 2.05) is 17.5 Å². The van der Waals surface area contributed by atoms with Crippen LogP contribution in [0.15, 0.2) is 17.5 Å². The van der Waals surface area contributed by atoms with E-state index in [2.05, 4.69) is 5.71 Å². The van der Waals surface area contributed by atoms with Crippen LogP contribution in [0.4, 0.5) is 0 Å². The first-order chi connectivity index (χ1) is 5.34. The Morgan fingerprint density at radius 3 is 3.09 bits per heavy atom. The molecule has 1 rings (SSSR count). The first-order valence-electron chi connectivity index (χ1n) is 3.70. The van der Waals surface area contributed by atoms with Crippen molar-refractivity contribution in [3.05, 3.63) is 22.4 Å². The monoisotopic (exact) mass is 232 g/mol. The van der Waals surface area contributed by atoms with Crippen molar-refractivity contribution in [2.45, 2.75) is 23.4 Å².